The zero-order valence-electron chi connectivity index (χ0n) is 20.4. The van der Waals surface area contributed by atoms with Crippen LogP contribution in [0.3, 0.4) is 0 Å². The fraction of sp³-hybridized carbons (Fsp3) is 0.423. The number of aromatic nitrogens is 3. The standard InChI is InChI=1S/C26H31N5O3S/c1-4-22-27-26-31(28-22)25(32)24(35-26)23(19-10-11-20(33-2)21(16-19)34-3)30-14-12-29(13-15-30)17-18-8-6-5-7-9-18/h5-11,16,23-24H,4,12-15,17H2,1-3H3. The summed E-state index contributed by atoms with van der Waals surface area (Å²) in [5, 5.41) is 4.81. The first-order valence-corrected chi connectivity index (χ1v) is 12.9. The molecule has 8 nitrogen and oxygen atoms in total. The predicted molar refractivity (Wildman–Crippen MR) is 135 cm³/mol. The molecule has 0 radical (unpaired) electrons. The van der Waals surface area contributed by atoms with Crippen LogP contribution in [0.25, 0.3) is 0 Å². The van der Waals surface area contributed by atoms with E-state index in [4.69, 9.17) is 9.47 Å². The molecule has 2 unspecified atom stereocenters. The summed E-state index contributed by atoms with van der Waals surface area (Å²) in [5.41, 5.74) is 2.36. The molecule has 0 saturated carbocycles. The molecule has 3 aromatic rings. The molecule has 5 rings (SSSR count). The highest BCUT2D eigenvalue weighted by molar-refractivity contribution is 8.00. The topological polar surface area (TPSA) is 72.7 Å². The van der Waals surface area contributed by atoms with Gasteiger partial charge in [0.05, 0.1) is 20.3 Å². The van der Waals surface area contributed by atoms with Crippen molar-refractivity contribution in [2.24, 2.45) is 0 Å². The van der Waals surface area contributed by atoms with E-state index in [1.54, 1.807) is 14.2 Å². The van der Waals surface area contributed by atoms with Crippen molar-refractivity contribution >= 4 is 17.7 Å². The maximum absolute atomic E-state index is 13.5. The van der Waals surface area contributed by atoms with Crippen LogP contribution in [-0.2, 0) is 13.0 Å². The number of aryl methyl sites for hydroxylation is 1. The van der Waals surface area contributed by atoms with Gasteiger partial charge in [-0.05, 0) is 23.3 Å². The average molecular weight is 494 g/mol. The summed E-state index contributed by atoms with van der Waals surface area (Å²) in [6.45, 7) is 6.54. The fourth-order valence-corrected chi connectivity index (χ4v) is 6.12. The van der Waals surface area contributed by atoms with Crippen LogP contribution < -0.4 is 9.47 Å². The number of hydrogen-bond acceptors (Lipinski definition) is 8. The number of piperazine rings is 1. The number of nitrogens with zero attached hydrogens (tertiary/aromatic N) is 5. The number of carbonyl (C=O) groups excluding carboxylic acids is 1. The molecular formula is C26H31N5O3S. The van der Waals surface area contributed by atoms with Crippen LogP contribution in [0, 0.1) is 0 Å². The van der Waals surface area contributed by atoms with E-state index < -0.39 is 0 Å². The maximum Gasteiger partial charge on any atom is 0.264 e. The second-order valence-electron chi connectivity index (χ2n) is 8.81. The van der Waals surface area contributed by atoms with Crippen molar-refractivity contribution in [3.05, 3.63) is 65.5 Å². The van der Waals surface area contributed by atoms with Crippen LogP contribution in [0.2, 0.25) is 0 Å². The third kappa shape index (κ3) is 4.80. The molecule has 2 aliphatic heterocycles. The predicted octanol–water partition coefficient (Wildman–Crippen LogP) is 3.53. The van der Waals surface area contributed by atoms with Crippen molar-refractivity contribution in [2.45, 2.75) is 36.3 Å². The minimum Gasteiger partial charge on any atom is -0.493 e. The van der Waals surface area contributed by atoms with Gasteiger partial charge in [-0.3, -0.25) is 14.6 Å². The lowest BCUT2D eigenvalue weighted by Gasteiger charge is -2.41. The Hall–Kier alpha value is -2.88. The van der Waals surface area contributed by atoms with Gasteiger partial charge >= 0.3 is 0 Å². The van der Waals surface area contributed by atoms with Gasteiger partial charge in [-0.2, -0.15) is 4.68 Å². The Bertz CT molecular complexity index is 1180. The number of carbonyl (C=O) groups is 1. The molecule has 1 aromatic heterocycles. The first kappa shape index (κ1) is 23.8. The molecule has 9 heteroatoms. The van der Waals surface area contributed by atoms with E-state index in [-0.39, 0.29) is 17.2 Å². The van der Waals surface area contributed by atoms with Crippen LogP contribution in [-0.4, -0.2) is 76.1 Å². The van der Waals surface area contributed by atoms with Gasteiger partial charge in [0, 0.05) is 39.1 Å². The lowest BCUT2D eigenvalue weighted by Crippen LogP contribution is -2.50. The van der Waals surface area contributed by atoms with Gasteiger partial charge < -0.3 is 9.47 Å². The van der Waals surface area contributed by atoms with Crippen LogP contribution in [0.1, 0.15) is 34.7 Å². The fourth-order valence-electron chi connectivity index (χ4n) is 4.85. The van der Waals surface area contributed by atoms with E-state index in [2.05, 4.69) is 50.2 Å². The minimum absolute atomic E-state index is 0.0105. The smallest absolute Gasteiger partial charge is 0.264 e. The third-order valence-electron chi connectivity index (χ3n) is 6.71. The molecule has 3 heterocycles. The molecule has 2 atom stereocenters. The zero-order valence-corrected chi connectivity index (χ0v) is 21.2. The summed E-state index contributed by atoms with van der Waals surface area (Å²) in [4.78, 5) is 23.0. The Morgan fingerprint density at radius 1 is 1.03 bits per heavy atom. The second kappa shape index (κ2) is 10.4. The van der Waals surface area contributed by atoms with Gasteiger partial charge in [0.2, 0.25) is 0 Å². The molecule has 2 aliphatic rings. The Labute approximate surface area is 210 Å². The van der Waals surface area contributed by atoms with E-state index in [1.807, 2.05) is 25.1 Å². The summed E-state index contributed by atoms with van der Waals surface area (Å²) in [6.07, 6.45) is 0.709. The van der Waals surface area contributed by atoms with Gasteiger partial charge in [0.15, 0.2) is 22.5 Å². The number of thioether (sulfide) groups is 1. The van der Waals surface area contributed by atoms with Gasteiger partial charge in [-0.25, -0.2) is 4.98 Å². The largest absolute Gasteiger partial charge is 0.493 e. The van der Waals surface area contributed by atoms with E-state index in [1.165, 1.54) is 22.0 Å². The first-order valence-electron chi connectivity index (χ1n) is 12.0. The van der Waals surface area contributed by atoms with Crippen molar-refractivity contribution in [1.82, 2.24) is 24.6 Å². The van der Waals surface area contributed by atoms with Crippen molar-refractivity contribution in [3.63, 3.8) is 0 Å². The van der Waals surface area contributed by atoms with Gasteiger partial charge in [0.1, 0.15) is 5.25 Å². The van der Waals surface area contributed by atoms with E-state index in [0.29, 0.717) is 28.9 Å². The highest BCUT2D eigenvalue weighted by Crippen LogP contribution is 2.43. The minimum atomic E-state index is -0.324. The summed E-state index contributed by atoms with van der Waals surface area (Å²) < 4.78 is 12.5. The molecule has 1 fully saturated rings. The van der Waals surface area contributed by atoms with Crippen molar-refractivity contribution in [2.75, 3.05) is 40.4 Å². The number of benzene rings is 2. The number of hydrogen-bond donors (Lipinski definition) is 0. The molecule has 35 heavy (non-hydrogen) atoms. The highest BCUT2D eigenvalue weighted by Gasteiger charge is 2.43. The zero-order chi connectivity index (χ0) is 24.4. The number of rotatable bonds is 8. The quantitative estimate of drug-likeness (QED) is 0.472. The number of fused-ring (bicyclic) bond motifs is 1. The first-order chi connectivity index (χ1) is 17.1. The SMILES string of the molecule is CCc1nc2n(n1)C(=O)C(C(c1ccc(OC)c(OC)c1)N1CCN(Cc3ccccc3)CC1)S2. The normalized spacial score (nSPS) is 19.5. The summed E-state index contributed by atoms with van der Waals surface area (Å²) in [6, 6.07) is 16.4. The van der Waals surface area contributed by atoms with E-state index in [9.17, 15) is 4.79 Å². The van der Waals surface area contributed by atoms with Crippen LogP contribution in [0.5, 0.6) is 11.5 Å². The highest BCUT2D eigenvalue weighted by atomic mass is 32.2. The summed E-state index contributed by atoms with van der Waals surface area (Å²) in [5.74, 6) is 2.03. The van der Waals surface area contributed by atoms with E-state index >= 15 is 0 Å². The Morgan fingerprint density at radius 2 is 1.77 bits per heavy atom. The summed E-state index contributed by atoms with van der Waals surface area (Å²) >= 11 is 1.52. The maximum atomic E-state index is 13.5. The average Bonchev–Trinajstić information content (AvgIpc) is 3.44. The van der Waals surface area contributed by atoms with Crippen molar-refractivity contribution in [1.29, 1.82) is 0 Å². The van der Waals surface area contributed by atoms with Crippen LogP contribution >= 0.6 is 11.8 Å². The Balaban J connectivity index is 1.40. The van der Waals surface area contributed by atoms with Crippen LogP contribution in [0.15, 0.2) is 53.7 Å². The molecule has 0 N–H and O–H groups in total. The molecule has 184 valence electrons. The lowest BCUT2D eigenvalue weighted by atomic mass is 9.99. The van der Waals surface area contributed by atoms with Gasteiger partial charge in [0.25, 0.3) is 5.91 Å². The van der Waals surface area contributed by atoms with Crippen molar-refractivity contribution in [3.8, 4) is 11.5 Å². The molecule has 0 amide bonds. The lowest BCUT2D eigenvalue weighted by molar-refractivity contribution is 0.0714. The number of methoxy groups -OCH3 is 2. The molecule has 0 aliphatic carbocycles. The molecule has 2 aromatic carbocycles. The molecule has 0 bridgehead atoms. The molecular weight excluding hydrogens is 462 g/mol. The third-order valence-corrected chi connectivity index (χ3v) is 7.90. The molecule has 0 spiro atoms. The summed E-state index contributed by atoms with van der Waals surface area (Å²) in [7, 11) is 3.27. The van der Waals surface area contributed by atoms with Crippen LogP contribution in [0.4, 0.5) is 0 Å². The van der Waals surface area contributed by atoms with Gasteiger partial charge in [-0.15, -0.1) is 5.10 Å². The van der Waals surface area contributed by atoms with E-state index in [0.717, 1.165) is 38.3 Å². The monoisotopic (exact) mass is 493 g/mol. The Morgan fingerprint density at radius 3 is 2.43 bits per heavy atom. The Kier molecular flexibility index (Phi) is 7.08. The van der Waals surface area contributed by atoms with Crippen molar-refractivity contribution < 1.29 is 14.3 Å². The number of ether oxygens (including phenoxy) is 2. The molecule has 1 saturated heterocycles. The second-order valence-corrected chi connectivity index (χ2v) is 9.92. The van der Waals surface area contributed by atoms with Gasteiger partial charge in [-0.1, -0.05) is 55.1 Å².